The molecule has 6 heteroatoms. The number of hydrogen-bond donors (Lipinski definition) is 2. The molecule has 0 aliphatic rings. The molecule has 0 radical (unpaired) electrons. The van der Waals surface area contributed by atoms with Crippen LogP contribution < -0.4 is 15.4 Å². The molecule has 28 heavy (non-hydrogen) atoms. The molecule has 0 atom stereocenters. The second-order valence-corrected chi connectivity index (χ2v) is 5.87. The van der Waals surface area contributed by atoms with Gasteiger partial charge < -0.3 is 15.4 Å². The Kier molecular flexibility index (Phi) is 6.01. The van der Waals surface area contributed by atoms with Gasteiger partial charge in [0, 0.05) is 23.0 Å². The summed E-state index contributed by atoms with van der Waals surface area (Å²) in [5.41, 5.74) is 2.16. The molecule has 0 saturated heterocycles. The van der Waals surface area contributed by atoms with Crippen molar-refractivity contribution in [2.24, 2.45) is 0 Å². The lowest BCUT2D eigenvalue weighted by Crippen LogP contribution is -2.20. The van der Waals surface area contributed by atoms with E-state index in [9.17, 15) is 9.59 Å². The second-order valence-electron chi connectivity index (χ2n) is 5.87. The molecule has 3 aromatic rings. The Bertz CT molecular complexity index is 1010. The van der Waals surface area contributed by atoms with Crippen LogP contribution in [-0.2, 0) is 4.79 Å². The number of ether oxygens (including phenoxy) is 1. The molecule has 0 aliphatic carbocycles. The molecule has 0 heterocycles. The Balaban J connectivity index is 1.56. The highest BCUT2D eigenvalue weighted by Gasteiger charge is 2.08. The smallest absolute Gasteiger partial charge is 0.262 e. The van der Waals surface area contributed by atoms with Gasteiger partial charge in [-0.05, 0) is 48.5 Å². The number of anilines is 2. The summed E-state index contributed by atoms with van der Waals surface area (Å²) in [4.78, 5) is 24.3. The minimum Gasteiger partial charge on any atom is -0.484 e. The Morgan fingerprint density at radius 2 is 1.57 bits per heavy atom. The molecule has 6 nitrogen and oxygen atoms in total. The van der Waals surface area contributed by atoms with Gasteiger partial charge in [-0.25, -0.2) is 0 Å². The number of nitrogens with one attached hydrogen (secondary N) is 2. The first-order chi connectivity index (χ1) is 13.6. The number of para-hydroxylation sites is 1. The van der Waals surface area contributed by atoms with Crippen molar-refractivity contribution in [1.29, 1.82) is 5.26 Å². The van der Waals surface area contributed by atoms with Crippen molar-refractivity contribution in [3.8, 4) is 11.8 Å². The SMILES string of the molecule is N#Cc1ccc(C(=O)Nc2cccc(OCC(=O)Nc3ccccc3)c2)cc1. The third-order valence-corrected chi connectivity index (χ3v) is 3.80. The summed E-state index contributed by atoms with van der Waals surface area (Å²) in [5, 5.41) is 14.3. The predicted molar refractivity (Wildman–Crippen MR) is 106 cm³/mol. The van der Waals surface area contributed by atoms with Crippen molar-refractivity contribution in [2.45, 2.75) is 0 Å². The van der Waals surface area contributed by atoms with Crippen LogP contribution in [0.4, 0.5) is 11.4 Å². The van der Waals surface area contributed by atoms with Gasteiger partial charge in [-0.2, -0.15) is 5.26 Å². The van der Waals surface area contributed by atoms with Gasteiger partial charge in [-0.1, -0.05) is 24.3 Å². The van der Waals surface area contributed by atoms with Gasteiger partial charge in [0.2, 0.25) is 0 Å². The van der Waals surface area contributed by atoms with E-state index in [1.54, 1.807) is 60.7 Å². The van der Waals surface area contributed by atoms with E-state index in [0.717, 1.165) is 0 Å². The summed E-state index contributed by atoms with van der Waals surface area (Å²) < 4.78 is 5.50. The number of carbonyl (C=O) groups excluding carboxylic acids is 2. The third-order valence-electron chi connectivity index (χ3n) is 3.80. The van der Waals surface area contributed by atoms with Crippen LogP contribution in [0.25, 0.3) is 0 Å². The monoisotopic (exact) mass is 371 g/mol. The zero-order valence-electron chi connectivity index (χ0n) is 14.9. The molecule has 0 bridgehead atoms. The topological polar surface area (TPSA) is 91.2 Å². The van der Waals surface area contributed by atoms with Gasteiger partial charge in [0.15, 0.2) is 6.61 Å². The maximum atomic E-state index is 12.3. The number of amides is 2. The minimum atomic E-state index is -0.302. The molecule has 0 unspecified atom stereocenters. The second kappa shape index (κ2) is 9.01. The molecule has 0 aromatic heterocycles. The summed E-state index contributed by atoms with van der Waals surface area (Å²) in [6.07, 6.45) is 0. The predicted octanol–water partition coefficient (Wildman–Crippen LogP) is 3.83. The van der Waals surface area contributed by atoms with Crippen LogP contribution in [-0.4, -0.2) is 18.4 Å². The van der Waals surface area contributed by atoms with Crippen LogP contribution in [0.15, 0.2) is 78.9 Å². The highest BCUT2D eigenvalue weighted by Crippen LogP contribution is 2.18. The van der Waals surface area contributed by atoms with Crippen LogP contribution in [0.2, 0.25) is 0 Å². The highest BCUT2D eigenvalue weighted by atomic mass is 16.5. The molecule has 2 amide bonds. The van der Waals surface area contributed by atoms with Crippen molar-refractivity contribution in [3.05, 3.63) is 90.0 Å². The van der Waals surface area contributed by atoms with Crippen LogP contribution in [0.1, 0.15) is 15.9 Å². The normalized spacial score (nSPS) is 9.82. The van der Waals surface area contributed by atoms with Gasteiger partial charge in [0.05, 0.1) is 11.6 Å². The van der Waals surface area contributed by atoms with Gasteiger partial charge in [0.25, 0.3) is 11.8 Å². The molecule has 3 aromatic carbocycles. The zero-order valence-corrected chi connectivity index (χ0v) is 14.9. The Morgan fingerprint density at radius 1 is 0.857 bits per heavy atom. The summed E-state index contributed by atoms with van der Waals surface area (Å²) in [6, 6.07) is 24.2. The summed E-state index contributed by atoms with van der Waals surface area (Å²) in [5.74, 6) is -0.123. The fourth-order valence-corrected chi connectivity index (χ4v) is 2.43. The van der Waals surface area contributed by atoms with E-state index in [-0.39, 0.29) is 18.4 Å². The van der Waals surface area contributed by atoms with Crippen molar-refractivity contribution in [2.75, 3.05) is 17.2 Å². The molecule has 0 spiro atoms. The lowest BCUT2D eigenvalue weighted by atomic mass is 10.1. The lowest BCUT2D eigenvalue weighted by Gasteiger charge is -2.10. The van der Waals surface area contributed by atoms with Crippen molar-refractivity contribution in [1.82, 2.24) is 0 Å². The first-order valence-corrected chi connectivity index (χ1v) is 8.53. The average Bonchev–Trinajstić information content (AvgIpc) is 2.73. The molecule has 0 saturated carbocycles. The van der Waals surface area contributed by atoms with Crippen LogP contribution in [0, 0.1) is 11.3 Å². The standard InChI is InChI=1S/C22H17N3O3/c23-14-16-9-11-17(12-10-16)22(27)25-19-7-4-8-20(13-19)28-15-21(26)24-18-5-2-1-3-6-18/h1-13H,15H2,(H,24,26)(H,25,27). The fraction of sp³-hybridized carbons (Fsp3) is 0.0455. The van der Waals surface area contributed by atoms with Gasteiger partial charge in [0.1, 0.15) is 5.75 Å². The summed E-state index contributed by atoms with van der Waals surface area (Å²) >= 11 is 0. The lowest BCUT2D eigenvalue weighted by molar-refractivity contribution is -0.118. The van der Waals surface area contributed by atoms with Crippen molar-refractivity contribution in [3.63, 3.8) is 0 Å². The van der Waals surface area contributed by atoms with Crippen molar-refractivity contribution >= 4 is 23.2 Å². The Labute approximate surface area is 162 Å². The van der Waals surface area contributed by atoms with E-state index < -0.39 is 0 Å². The van der Waals surface area contributed by atoms with E-state index in [0.29, 0.717) is 28.3 Å². The number of benzene rings is 3. The number of carbonyl (C=O) groups is 2. The molecular formula is C22H17N3O3. The quantitative estimate of drug-likeness (QED) is 0.689. The number of rotatable bonds is 6. The van der Waals surface area contributed by atoms with E-state index >= 15 is 0 Å². The van der Waals surface area contributed by atoms with Crippen LogP contribution >= 0.6 is 0 Å². The van der Waals surface area contributed by atoms with Gasteiger partial charge in [-0.15, -0.1) is 0 Å². The summed E-state index contributed by atoms with van der Waals surface area (Å²) in [7, 11) is 0. The van der Waals surface area contributed by atoms with E-state index in [1.165, 1.54) is 0 Å². The van der Waals surface area contributed by atoms with E-state index in [1.807, 2.05) is 24.3 Å². The largest absolute Gasteiger partial charge is 0.484 e. The first-order valence-electron chi connectivity index (χ1n) is 8.53. The van der Waals surface area contributed by atoms with E-state index in [4.69, 9.17) is 10.00 Å². The molecule has 2 N–H and O–H groups in total. The maximum absolute atomic E-state index is 12.3. The van der Waals surface area contributed by atoms with Gasteiger partial charge >= 0.3 is 0 Å². The van der Waals surface area contributed by atoms with Crippen molar-refractivity contribution < 1.29 is 14.3 Å². The zero-order chi connectivity index (χ0) is 19.8. The number of hydrogen-bond acceptors (Lipinski definition) is 4. The minimum absolute atomic E-state index is 0.151. The molecular weight excluding hydrogens is 354 g/mol. The van der Waals surface area contributed by atoms with Gasteiger partial charge in [-0.3, -0.25) is 9.59 Å². The number of nitrogens with zero attached hydrogens (tertiary/aromatic N) is 1. The van der Waals surface area contributed by atoms with Crippen LogP contribution in [0.3, 0.4) is 0 Å². The Hall–Kier alpha value is -4.11. The van der Waals surface area contributed by atoms with E-state index in [2.05, 4.69) is 10.6 Å². The average molecular weight is 371 g/mol. The first kappa shape index (κ1) is 18.7. The van der Waals surface area contributed by atoms with Crippen LogP contribution in [0.5, 0.6) is 5.75 Å². The molecule has 3 rings (SSSR count). The Morgan fingerprint density at radius 3 is 2.29 bits per heavy atom. The highest BCUT2D eigenvalue weighted by molar-refractivity contribution is 6.04. The fourth-order valence-electron chi connectivity index (χ4n) is 2.43. The molecule has 0 aliphatic heterocycles. The number of nitriles is 1. The third kappa shape index (κ3) is 5.19. The summed E-state index contributed by atoms with van der Waals surface area (Å²) in [6.45, 7) is -0.151. The molecule has 138 valence electrons. The maximum Gasteiger partial charge on any atom is 0.262 e. The molecule has 0 fully saturated rings.